The number of carbonyl (C=O) groups is 2. The van der Waals surface area contributed by atoms with Gasteiger partial charge in [0.2, 0.25) is 5.91 Å². The van der Waals surface area contributed by atoms with Gasteiger partial charge in [-0.1, -0.05) is 36.8 Å². The van der Waals surface area contributed by atoms with Gasteiger partial charge in [-0.05, 0) is 12.8 Å². The van der Waals surface area contributed by atoms with E-state index in [1.54, 1.807) is 18.2 Å². The first kappa shape index (κ1) is 14.6. The number of benzene rings is 1. The number of amides is 1. The number of hydrogen-bond acceptors (Lipinski definition) is 2. The van der Waals surface area contributed by atoms with E-state index in [2.05, 4.69) is 0 Å². The monoisotopic (exact) mass is 285 g/mol. The Hall–Kier alpha value is -1.85. The van der Waals surface area contributed by atoms with Crippen LogP contribution in [-0.4, -0.2) is 29.4 Å². The highest BCUT2D eigenvalue weighted by atomic mass is 19.4. The van der Waals surface area contributed by atoms with Gasteiger partial charge < -0.3 is 0 Å². The number of hydrogen-bond donors (Lipinski definition) is 0. The van der Waals surface area contributed by atoms with E-state index >= 15 is 0 Å². The Morgan fingerprint density at radius 1 is 1.15 bits per heavy atom. The third-order valence-electron chi connectivity index (χ3n) is 3.37. The maximum atomic E-state index is 12.8. The summed E-state index contributed by atoms with van der Waals surface area (Å²) in [6.45, 7) is -0.374. The van der Waals surface area contributed by atoms with Crippen LogP contribution >= 0.6 is 0 Å². The number of halogens is 3. The number of likely N-dealkylation sites (tertiary alicyclic amines) is 1. The van der Waals surface area contributed by atoms with Gasteiger partial charge in [-0.25, -0.2) is 0 Å². The second-order valence-electron chi connectivity index (χ2n) is 4.74. The number of carbonyl (C=O) groups excluding carboxylic acids is 2. The summed E-state index contributed by atoms with van der Waals surface area (Å²) in [6, 6.07) is 7.97. The lowest BCUT2D eigenvalue weighted by molar-refractivity contribution is -0.240. The van der Waals surface area contributed by atoms with E-state index in [4.69, 9.17) is 0 Å². The van der Waals surface area contributed by atoms with Crippen LogP contribution in [0.15, 0.2) is 30.3 Å². The molecule has 1 saturated heterocycles. The molecule has 0 aromatic heterocycles. The molecule has 1 atom stereocenters. The average Bonchev–Trinajstić information content (AvgIpc) is 2.60. The molecule has 0 saturated carbocycles. The van der Waals surface area contributed by atoms with Crippen LogP contribution in [0.1, 0.15) is 29.6 Å². The number of nitrogens with zero attached hydrogens (tertiary/aromatic N) is 1. The van der Waals surface area contributed by atoms with Crippen molar-refractivity contribution in [3.63, 3.8) is 0 Å². The molecular weight excluding hydrogens is 271 g/mol. The summed E-state index contributed by atoms with van der Waals surface area (Å²) >= 11 is 0. The Balaban J connectivity index is 2.26. The highest BCUT2D eigenvalue weighted by Gasteiger charge is 2.45. The number of Topliss-reactive ketones (excluding diaryl/α,β-unsaturated/α-hetero) is 1. The zero-order chi connectivity index (χ0) is 14.8. The molecule has 108 valence electrons. The minimum atomic E-state index is -4.73. The highest BCUT2D eigenvalue weighted by molar-refractivity contribution is 6.10. The van der Waals surface area contributed by atoms with Gasteiger partial charge in [-0.15, -0.1) is 13.2 Å². The lowest BCUT2D eigenvalue weighted by Gasteiger charge is -2.25. The van der Waals surface area contributed by atoms with Crippen molar-refractivity contribution < 1.29 is 22.8 Å². The fourth-order valence-electron chi connectivity index (χ4n) is 2.34. The topological polar surface area (TPSA) is 37.4 Å². The molecule has 0 bridgehead atoms. The maximum Gasteiger partial charge on any atom is 0.487 e. The summed E-state index contributed by atoms with van der Waals surface area (Å²) in [5, 5.41) is 0. The fourth-order valence-corrected chi connectivity index (χ4v) is 2.34. The first-order chi connectivity index (χ1) is 9.41. The second-order valence-corrected chi connectivity index (χ2v) is 4.74. The average molecular weight is 285 g/mol. The van der Waals surface area contributed by atoms with Crippen molar-refractivity contribution in [1.29, 1.82) is 0 Å². The lowest BCUT2D eigenvalue weighted by atomic mass is 9.92. The quantitative estimate of drug-likeness (QED) is 0.476. The van der Waals surface area contributed by atoms with Crippen molar-refractivity contribution in [2.24, 2.45) is 5.92 Å². The van der Waals surface area contributed by atoms with Crippen LogP contribution in [0.25, 0.3) is 0 Å². The van der Waals surface area contributed by atoms with Gasteiger partial charge in [-0.2, -0.15) is 0 Å². The molecule has 1 aromatic carbocycles. The molecule has 1 unspecified atom stereocenters. The van der Waals surface area contributed by atoms with Crippen LogP contribution in [0.4, 0.5) is 13.2 Å². The third kappa shape index (κ3) is 3.00. The lowest BCUT2D eigenvalue weighted by Crippen LogP contribution is -2.46. The Morgan fingerprint density at radius 3 is 2.40 bits per heavy atom. The van der Waals surface area contributed by atoms with Gasteiger partial charge in [-0.3, -0.25) is 14.5 Å². The predicted octanol–water partition coefficient (Wildman–Crippen LogP) is 3.02. The Bertz CT molecular complexity index is 499. The van der Waals surface area contributed by atoms with Crippen molar-refractivity contribution in [1.82, 2.24) is 4.90 Å². The molecule has 1 fully saturated rings. The van der Waals surface area contributed by atoms with Crippen LogP contribution in [0, 0.1) is 5.92 Å². The molecule has 1 aliphatic rings. The first-order valence-corrected chi connectivity index (χ1v) is 6.38. The predicted molar refractivity (Wildman–Crippen MR) is 65.9 cm³/mol. The van der Waals surface area contributed by atoms with Gasteiger partial charge in [0, 0.05) is 12.1 Å². The fraction of sp³-hybridized carbons (Fsp3) is 0.429. The number of ketones is 1. The summed E-state index contributed by atoms with van der Waals surface area (Å²) in [5.74, 6) is -2.91. The van der Waals surface area contributed by atoms with Crippen molar-refractivity contribution in [2.75, 3.05) is 6.54 Å². The van der Waals surface area contributed by atoms with E-state index in [1.807, 2.05) is 0 Å². The van der Waals surface area contributed by atoms with Gasteiger partial charge in [0.1, 0.15) is 5.92 Å². The maximum absolute atomic E-state index is 12.8. The highest BCUT2D eigenvalue weighted by Crippen LogP contribution is 2.29. The van der Waals surface area contributed by atoms with E-state index in [-0.39, 0.29) is 29.8 Å². The van der Waals surface area contributed by atoms with E-state index in [0.29, 0.717) is 6.42 Å². The van der Waals surface area contributed by atoms with E-state index in [1.165, 1.54) is 12.1 Å². The van der Waals surface area contributed by atoms with E-state index < -0.39 is 23.9 Å². The normalized spacial score (nSPS) is 20.6. The third-order valence-corrected chi connectivity index (χ3v) is 3.37. The molecule has 0 aliphatic carbocycles. The standard InChI is InChI=1S/C14H14F3NO2/c15-14(16,17)18-9-5-4-8-11(13(18)20)12(19)10-6-2-1-3-7-10/h1-3,6-7,11H,4-5,8-9H2. The van der Waals surface area contributed by atoms with Crippen LogP contribution in [0.5, 0.6) is 0 Å². The Labute approximate surface area is 114 Å². The SMILES string of the molecule is O=C(c1ccccc1)C1CCCCN(C(F)(F)F)C1=O. The van der Waals surface area contributed by atoms with Crippen molar-refractivity contribution in [3.8, 4) is 0 Å². The van der Waals surface area contributed by atoms with Gasteiger partial charge in [0.15, 0.2) is 5.78 Å². The number of rotatable bonds is 2. The van der Waals surface area contributed by atoms with Crippen molar-refractivity contribution in [3.05, 3.63) is 35.9 Å². The molecule has 3 nitrogen and oxygen atoms in total. The van der Waals surface area contributed by atoms with Gasteiger partial charge in [0.25, 0.3) is 0 Å². The molecule has 1 amide bonds. The largest absolute Gasteiger partial charge is 0.487 e. The summed E-state index contributed by atoms with van der Waals surface area (Å²) < 4.78 is 38.4. The summed E-state index contributed by atoms with van der Waals surface area (Å²) in [6.07, 6.45) is -3.87. The molecule has 1 heterocycles. The zero-order valence-corrected chi connectivity index (χ0v) is 10.7. The minimum Gasteiger partial charge on any atom is -0.293 e. The smallest absolute Gasteiger partial charge is 0.293 e. The molecule has 2 rings (SSSR count). The Morgan fingerprint density at radius 2 is 1.80 bits per heavy atom. The van der Waals surface area contributed by atoms with Gasteiger partial charge >= 0.3 is 6.30 Å². The molecule has 0 radical (unpaired) electrons. The van der Waals surface area contributed by atoms with Crippen molar-refractivity contribution in [2.45, 2.75) is 25.6 Å². The molecule has 0 N–H and O–H groups in total. The summed E-state index contributed by atoms with van der Waals surface area (Å²) in [5.41, 5.74) is 0.273. The summed E-state index contributed by atoms with van der Waals surface area (Å²) in [4.78, 5) is 24.1. The number of alkyl halides is 3. The van der Waals surface area contributed by atoms with Crippen LogP contribution < -0.4 is 0 Å². The molecular formula is C14H14F3NO2. The summed E-state index contributed by atoms with van der Waals surface area (Å²) in [7, 11) is 0. The molecule has 1 aromatic rings. The zero-order valence-electron chi connectivity index (χ0n) is 10.7. The molecule has 20 heavy (non-hydrogen) atoms. The van der Waals surface area contributed by atoms with E-state index in [0.717, 1.165) is 0 Å². The molecule has 1 aliphatic heterocycles. The van der Waals surface area contributed by atoms with Crippen LogP contribution in [0.2, 0.25) is 0 Å². The van der Waals surface area contributed by atoms with Crippen molar-refractivity contribution >= 4 is 11.7 Å². The Kier molecular flexibility index (Phi) is 4.11. The second kappa shape index (κ2) is 5.64. The first-order valence-electron chi connectivity index (χ1n) is 6.38. The molecule has 0 spiro atoms. The van der Waals surface area contributed by atoms with Crippen LogP contribution in [-0.2, 0) is 4.79 Å². The molecule has 6 heteroatoms. The van der Waals surface area contributed by atoms with E-state index in [9.17, 15) is 22.8 Å². The van der Waals surface area contributed by atoms with Gasteiger partial charge in [0.05, 0.1) is 0 Å². The minimum absolute atomic E-state index is 0.133. The van der Waals surface area contributed by atoms with Crippen LogP contribution in [0.3, 0.4) is 0 Å².